The summed E-state index contributed by atoms with van der Waals surface area (Å²) in [7, 11) is 0. The van der Waals surface area contributed by atoms with Gasteiger partial charge in [-0.3, -0.25) is 4.90 Å². The Labute approximate surface area is 196 Å². The molecule has 0 fully saturated rings. The van der Waals surface area contributed by atoms with Crippen LogP contribution in [0.5, 0.6) is 11.6 Å². The molecule has 1 aromatic heterocycles. The number of aliphatic hydroxyl groups excluding tert-OH is 1. The largest absolute Gasteiger partial charge is 0.439 e. The molecule has 0 radical (unpaired) electrons. The monoisotopic (exact) mass is 447 g/mol. The lowest BCUT2D eigenvalue weighted by molar-refractivity contribution is 0.0190. The smallest absolute Gasteiger partial charge is 0.227 e. The summed E-state index contributed by atoms with van der Waals surface area (Å²) < 4.78 is 13.6. The van der Waals surface area contributed by atoms with Crippen LogP contribution in [0.1, 0.15) is 32.0 Å². The molecule has 0 aliphatic rings. The van der Waals surface area contributed by atoms with E-state index in [0.29, 0.717) is 19.0 Å². The van der Waals surface area contributed by atoms with Gasteiger partial charge in [0.25, 0.3) is 0 Å². The number of hydrogen-bond donors (Lipinski definition) is 1. The van der Waals surface area contributed by atoms with Crippen molar-refractivity contribution in [2.45, 2.75) is 45.9 Å². The first-order valence-electron chi connectivity index (χ1n) is 11.4. The van der Waals surface area contributed by atoms with Gasteiger partial charge in [-0.25, -0.2) is 4.68 Å². The average Bonchev–Trinajstić information content (AvgIpc) is 3.17. The Hall–Kier alpha value is -3.11. The summed E-state index contributed by atoms with van der Waals surface area (Å²) in [5.41, 5.74) is 2.91. The third-order valence-corrected chi connectivity index (χ3v) is 5.35. The quantitative estimate of drug-likeness (QED) is 0.328. The molecule has 0 bridgehead atoms. The number of rotatable bonds is 12. The van der Waals surface area contributed by atoms with Crippen molar-refractivity contribution >= 4 is 0 Å². The van der Waals surface area contributed by atoms with Gasteiger partial charge < -0.3 is 14.6 Å². The fraction of sp³-hybridized carbons (Fsp3) is 0.370. The lowest BCUT2D eigenvalue weighted by Gasteiger charge is -2.29. The Morgan fingerprint density at radius 3 is 2.36 bits per heavy atom. The van der Waals surface area contributed by atoms with Gasteiger partial charge in [-0.05, 0) is 44.5 Å². The number of hydrogen-bond acceptors (Lipinski definition) is 5. The fourth-order valence-corrected chi connectivity index (χ4v) is 3.61. The Morgan fingerprint density at radius 1 is 1.09 bits per heavy atom. The van der Waals surface area contributed by atoms with Gasteiger partial charge in [0.15, 0.2) is 0 Å². The number of para-hydroxylation sites is 2. The van der Waals surface area contributed by atoms with Gasteiger partial charge in [0.1, 0.15) is 12.4 Å². The molecule has 3 aromatic rings. The summed E-state index contributed by atoms with van der Waals surface area (Å²) in [6, 6.07) is 19.9. The van der Waals surface area contributed by atoms with Crippen molar-refractivity contribution in [3.63, 3.8) is 0 Å². The van der Waals surface area contributed by atoms with Crippen LogP contribution in [0.2, 0.25) is 0 Å². The fourth-order valence-electron chi connectivity index (χ4n) is 3.61. The molecular weight excluding hydrogens is 414 g/mol. The van der Waals surface area contributed by atoms with Gasteiger partial charge in [-0.15, -0.1) is 6.42 Å². The number of aryl methyl sites for hydroxylation is 1. The van der Waals surface area contributed by atoms with Gasteiger partial charge in [-0.1, -0.05) is 49.2 Å². The number of terminal acetylenes is 1. The molecule has 0 unspecified atom stereocenters. The average molecular weight is 448 g/mol. The lowest BCUT2D eigenvalue weighted by atomic mass is 10.1. The molecule has 0 saturated carbocycles. The Kier molecular flexibility index (Phi) is 9.08. The van der Waals surface area contributed by atoms with Crippen LogP contribution in [0.15, 0.2) is 60.7 Å². The van der Waals surface area contributed by atoms with Crippen LogP contribution < -0.4 is 4.74 Å². The molecule has 0 amide bonds. The first-order valence-corrected chi connectivity index (χ1v) is 11.4. The van der Waals surface area contributed by atoms with Crippen LogP contribution in [0.25, 0.3) is 5.69 Å². The molecule has 1 atom stereocenters. The normalized spacial score (nSPS) is 12.2. The zero-order chi connectivity index (χ0) is 23.6. The highest BCUT2D eigenvalue weighted by Gasteiger charge is 2.24. The van der Waals surface area contributed by atoms with E-state index in [0.717, 1.165) is 29.1 Å². The highest BCUT2D eigenvalue weighted by Crippen LogP contribution is 2.32. The topological polar surface area (TPSA) is 59.8 Å². The zero-order valence-electron chi connectivity index (χ0n) is 19.6. The molecule has 6 nitrogen and oxygen atoms in total. The molecule has 6 heteroatoms. The van der Waals surface area contributed by atoms with E-state index in [4.69, 9.17) is 21.0 Å². The molecule has 174 valence electrons. The maximum atomic E-state index is 10.5. The van der Waals surface area contributed by atoms with Crippen molar-refractivity contribution in [3.8, 4) is 29.7 Å². The maximum Gasteiger partial charge on any atom is 0.227 e. The van der Waals surface area contributed by atoms with Gasteiger partial charge in [0.05, 0.1) is 29.7 Å². The molecule has 0 aliphatic carbocycles. The van der Waals surface area contributed by atoms with E-state index >= 15 is 0 Å². The summed E-state index contributed by atoms with van der Waals surface area (Å²) in [5.74, 6) is 3.86. The molecule has 3 rings (SSSR count). The number of nitrogens with zero attached hydrogens (tertiary/aromatic N) is 3. The molecule has 0 spiro atoms. The van der Waals surface area contributed by atoms with Crippen LogP contribution >= 0.6 is 0 Å². The van der Waals surface area contributed by atoms with Gasteiger partial charge in [-0.2, -0.15) is 5.10 Å². The summed E-state index contributed by atoms with van der Waals surface area (Å²) >= 11 is 0. The van der Waals surface area contributed by atoms with E-state index < -0.39 is 6.10 Å². The highest BCUT2D eigenvalue weighted by atomic mass is 16.5. The maximum absolute atomic E-state index is 10.5. The van der Waals surface area contributed by atoms with Crippen LogP contribution in [-0.4, -0.2) is 51.7 Å². The van der Waals surface area contributed by atoms with E-state index in [1.165, 1.54) is 0 Å². The van der Waals surface area contributed by atoms with Crippen LogP contribution in [0.4, 0.5) is 0 Å². The second-order valence-electron chi connectivity index (χ2n) is 8.14. The molecule has 1 N–H and O–H groups in total. The summed E-state index contributed by atoms with van der Waals surface area (Å²) in [5, 5.41) is 15.4. The second-order valence-corrected chi connectivity index (χ2v) is 8.14. The minimum absolute atomic E-state index is 0.192. The molecule has 2 aromatic carbocycles. The lowest BCUT2D eigenvalue weighted by Crippen LogP contribution is -2.39. The first-order chi connectivity index (χ1) is 16.0. The first kappa shape index (κ1) is 24.5. The van der Waals surface area contributed by atoms with Crippen molar-refractivity contribution in [1.29, 1.82) is 0 Å². The van der Waals surface area contributed by atoms with Gasteiger partial charge >= 0.3 is 0 Å². The molecule has 33 heavy (non-hydrogen) atoms. The number of benzene rings is 2. The number of ether oxygens (including phenoxy) is 2. The van der Waals surface area contributed by atoms with E-state index in [9.17, 15) is 5.11 Å². The standard InChI is InChI=1S/C27H33N3O3/c1-5-17-32-20-23(31)18-29(21(3)4)19-25-26(6-2)28-30(22-13-9-7-10-14-22)27(25)33-24-15-11-8-12-16-24/h1,7-16,21,23,31H,6,17-20H2,2-4H3/t23-/m1/s1. The number of aromatic nitrogens is 2. The second kappa shape index (κ2) is 12.2. The van der Waals surface area contributed by atoms with E-state index in [-0.39, 0.29) is 19.3 Å². The van der Waals surface area contributed by atoms with Crippen molar-refractivity contribution in [3.05, 3.63) is 71.9 Å². The Morgan fingerprint density at radius 2 is 1.76 bits per heavy atom. The van der Waals surface area contributed by atoms with Crippen molar-refractivity contribution < 1.29 is 14.6 Å². The van der Waals surface area contributed by atoms with Gasteiger partial charge in [0.2, 0.25) is 5.88 Å². The summed E-state index contributed by atoms with van der Waals surface area (Å²) in [6.45, 7) is 7.74. The van der Waals surface area contributed by atoms with Crippen LogP contribution in [0.3, 0.4) is 0 Å². The minimum atomic E-state index is -0.645. The summed E-state index contributed by atoms with van der Waals surface area (Å²) in [6.07, 6.45) is 5.36. The third-order valence-electron chi connectivity index (χ3n) is 5.35. The van der Waals surface area contributed by atoms with Crippen LogP contribution in [0, 0.1) is 12.3 Å². The summed E-state index contributed by atoms with van der Waals surface area (Å²) in [4.78, 5) is 2.20. The molecule has 0 saturated heterocycles. The van der Waals surface area contributed by atoms with Crippen molar-refractivity contribution in [2.24, 2.45) is 0 Å². The predicted octanol–water partition coefficient (Wildman–Crippen LogP) is 4.45. The van der Waals surface area contributed by atoms with Crippen LogP contribution in [-0.2, 0) is 17.7 Å². The molecule has 0 aliphatic heterocycles. The third kappa shape index (κ3) is 6.69. The van der Waals surface area contributed by atoms with E-state index in [1.54, 1.807) is 0 Å². The van der Waals surface area contributed by atoms with E-state index in [2.05, 4.69) is 31.6 Å². The minimum Gasteiger partial charge on any atom is -0.439 e. The van der Waals surface area contributed by atoms with Crippen molar-refractivity contribution in [2.75, 3.05) is 19.8 Å². The van der Waals surface area contributed by atoms with Gasteiger partial charge in [0, 0.05) is 19.1 Å². The number of aliphatic hydroxyl groups is 1. The highest BCUT2D eigenvalue weighted by molar-refractivity contribution is 5.43. The van der Waals surface area contributed by atoms with Crippen molar-refractivity contribution in [1.82, 2.24) is 14.7 Å². The zero-order valence-corrected chi connectivity index (χ0v) is 19.6. The SMILES string of the molecule is C#CCOC[C@H](O)CN(Cc1c(CC)nn(-c2ccccc2)c1Oc1ccccc1)C(C)C. The molecular formula is C27H33N3O3. The van der Waals surface area contributed by atoms with E-state index in [1.807, 2.05) is 65.3 Å². The predicted molar refractivity (Wildman–Crippen MR) is 131 cm³/mol. The molecule has 1 heterocycles. The Balaban J connectivity index is 1.96. The Bertz CT molecular complexity index is 1030.